The highest BCUT2D eigenvalue weighted by Crippen LogP contribution is 2.19. The molecule has 4 nitrogen and oxygen atoms in total. The van der Waals surface area contributed by atoms with Crippen LogP contribution in [0.4, 0.5) is 0 Å². The molecule has 0 radical (unpaired) electrons. The lowest BCUT2D eigenvalue weighted by Gasteiger charge is -2.16. The van der Waals surface area contributed by atoms with Gasteiger partial charge >= 0.3 is 11.2 Å². The minimum Gasteiger partial charge on any atom is -0.475 e. The van der Waals surface area contributed by atoms with Crippen molar-refractivity contribution < 1.29 is 19.7 Å². The van der Waals surface area contributed by atoms with Crippen molar-refractivity contribution in [1.29, 1.82) is 0 Å². The van der Waals surface area contributed by atoms with E-state index in [1.165, 1.54) is 12.1 Å². The van der Waals surface area contributed by atoms with Gasteiger partial charge < -0.3 is 14.9 Å². The van der Waals surface area contributed by atoms with Gasteiger partial charge in [-0.3, -0.25) is 0 Å². The van der Waals surface area contributed by atoms with E-state index in [2.05, 4.69) is 4.74 Å². The Balaban J connectivity index is 2.75. The molecule has 0 fully saturated rings. The van der Waals surface area contributed by atoms with Crippen molar-refractivity contribution >= 4 is 17.6 Å². The van der Waals surface area contributed by atoms with Crippen molar-refractivity contribution in [2.45, 2.75) is 5.25 Å². The summed E-state index contributed by atoms with van der Waals surface area (Å²) >= 11 is 5.14. The topological polar surface area (TPSA) is 66.8 Å². The normalized spacial score (nSPS) is 14.6. The van der Waals surface area contributed by atoms with Crippen LogP contribution in [-0.4, -0.2) is 21.4 Å². The molecule has 0 heterocycles. The molecule has 2 N–H and O–H groups in total. The molecule has 1 aromatic rings. The number of carboxylic acid groups (broad SMARTS) is 1. The first-order chi connectivity index (χ1) is 6.02. The Morgan fingerprint density at radius 3 is 2.38 bits per heavy atom. The van der Waals surface area contributed by atoms with E-state index in [9.17, 15) is 4.79 Å². The van der Waals surface area contributed by atoms with Crippen molar-refractivity contribution in [1.82, 2.24) is 0 Å². The number of aliphatic carboxylic acids is 1. The van der Waals surface area contributed by atoms with E-state index in [0.717, 1.165) is 0 Å². The number of rotatable bonds is 3. The number of aliphatic hydroxyl groups is 1. The Labute approximate surface area is 79.3 Å². The van der Waals surface area contributed by atoms with Gasteiger partial charge in [0.2, 0.25) is 0 Å². The molecular weight excluding hydrogens is 196 g/mol. The van der Waals surface area contributed by atoms with Gasteiger partial charge in [0.15, 0.2) is 0 Å². The number of halogens is 1. The second kappa shape index (κ2) is 3.64. The Morgan fingerprint density at radius 1 is 1.38 bits per heavy atom. The first-order valence-electron chi connectivity index (χ1n) is 3.41. The van der Waals surface area contributed by atoms with Crippen LogP contribution in [0, 0.1) is 0 Å². The van der Waals surface area contributed by atoms with E-state index >= 15 is 0 Å². The zero-order valence-corrected chi connectivity index (χ0v) is 7.23. The third-order valence-electron chi connectivity index (χ3n) is 1.26. The molecule has 0 aliphatic rings. The summed E-state index contributed by atoms with van der Waals surface area (Å²) in [5.41, 5.74) is 0. The van der Waals surface area contributed by atoms with Gasteiger partial charge in [-0.05, 0) is 23.7 Å². The number of benzene rings is 1. The van der Waals surface area contributed by atoms with Gasteiger partial charge in [0, 0.05) is 0 Å². The van der Waals surface area contributed by atoms with Crippen molar-refractivity contribution in [3.05, 3.63) is 30.3 Å². The molecule has 0 saturated heterocycles. The highest BCUT2D eigenvalue weighted by molar-refractivity contribution is 6.31. The largest absolute Gasteiger partial charge is 0.475 e. The maximum absolute atomic E-state index is 10.3. The summed E-state index contributed by atoms with van der Waals surface area (Å²) in [5, 5.41) is 14.7. The molecule has 0 aromatic heterocycles. The van der Waals surface area contributed by atoms with Crippen molar-refractivity contribution in [2.75, 3.05) is 0 Å². The third kappa shape index (κ3) is 2.61. The maximum Gasteiger partial charge on any atom is 0.395 e. The van der Waals surface area contributed by atoms with Crippen molar-refractivity contribution in [3.8, 4) is 5.75 Å². The van der Waals surface area contributed by atoms with Crippen LogP contribution >= 0.6 is 11.6 Å². The molecular formula is C8H7ClO4. The maximum atomic E-state index is 10.3. The SMILES string of the molecule is O=C(O)C(O)(Cl)Oc1ccccc1. The first-order valence-corrected chi connectivity index (χ1v) is 3.79. The molecule has 0 bridgehead atoms. The predicted molar refractivity (Wildman–Crippen MR) is 45.5 cm³/mol. The fourth-order valence-corrected chi connectivity index (χ4v) is 0.777. The Bertz CT molecular complexity index is 296. The Kier molecular flexibility index (Phi) is 2.75. The average molecular weight is 203 g/mol. The number of carbonyl (C=O) groups is 1. The standard InChI is InChI=1S/C8H7ClO4/c9-8(12,7(10)11)13-6-4-2-1-3-5-6/h1-5,12H,(H,10,11). The highest BCUT2D eigenvalue weighted by Gasteiger charge is 2.36. The van der Waals surface area contributed by atoms with Crippen LogP contribution in [0.1, 0.15) is 0 Å². The van der Waals surface area contributed by atoms with Gasteiger partial charge in [-0.1, -0.05) is 18.2 Å². The molecule has 0 aliphatic carbocycles. The number of hydrogen-bond acceptors (Lipinski definition) is 3. The van der Waals surface area contributed by atoms with E-state index in [4.69, 9.17) is 21.8 Å². The van der Waals surface area contributed by atoms with Crippen LogP contribution in [0.2, 0.25) is 0 Å². The third-order valence-corrected chi connectivity index (χ3v) is 1.50. The number of ether oxygens (including phenoxy) is 1. The smallest absolute Gasteiger partial charge is 0.395 e. The second-order valence-corrected chi connectivity index (χ2v) is 2.79. The molecule has 1 unspecified atom stereocenters. The molecule has 70 valence electrons. The van der Waals surface area contributed by atoms with E-state index < -0.39 is 11.2 Å². The number of alkyl halides is 1. The van der Waals surface area contributed by atoms with Gasteiger partial charge in [-0.15, -0.1) is 0 Å². The lowest BCUT2D eigenvalue weighted by molar-refractivity contribution is -0.171. The molecule has 0 aliphatic heterocycles. The molecule has 0 amide bonds. The van der Waals surface area contributed by atoms with Crippen molar-refractivity contribution in [2.24, 2.45) is 0 Å². The van der Waals surface area contributed by atoms with E-state index in [1.54, 1.807) is 18.2 Å². The summed E-state index contributed by atoms with van der Waals surface area (Å²) in [6, 6.07) is 7.95. The monoisotopic (exact) mass is 202 g/mol. The van der Waals surface area contributed by atoms with Crippen LogP contribution < -0.4 is 4.74 Å². The summed E-state index contributed by atoms with van der Waals surface area (Å²) < 4.78 is 4.58. The zero-order valence-electron chi connectivity index (χ0n) is 6.48. The molecule has 0 spiro atoms. The van der Waals surface area contributed by atoms with Gasteiger partial charge in [0.25, 0.3) is 0 Å². The van der Waals surface area contributed by atoms with Gasteiger partial charge in [-0.25, -0.2) is 4.79 Å². The Hall–Kier alpha value is -1.26. The van der Waals surface area contributed by atoms with E-state index in [1.807, 2.05) is 0 Å². The molecule has 5 heteroatoms. The fourth-order valence-electron chi connectivity index (χ4n) is 0.688. The zero-order chi connectivity index (χ0) is 9.90. The minimum absolute atomic E-state index is 0.183. The number of carboxylic acids is 1. The molecule has 1 aromatic carbocycles. The second-order valence-electron chi connectivity index (χ2n) is 2.28. The lowest BCUT2D eigenvalue weighted by atomic mass is 10.3. The van der Waals surface area contributed by atoms with Crippen molar-refractivity contribution in [3.63, 3.8) is 0 Å². The fraction of sp³-hybridized carbons (Fsp3) is 0.125. The van der Waals surface area contributed by atoms with E-state index in [0.29, 0.717) is 0 Å². The van der Waals surface area contributed by atoms with Crippen LogP contribution in [0.25, 0.3) is 0 Å². The molecule has 13 heavy (non-hydrogen) atoms. The van der Waals surface area contributed by atoms with Gasteiger partial charge in [-0.2, -0.15) is 0 Å². The molecule has 0 saturated carbocycles. The quantitative estimate of drug-likeness (QED) is 0.568. The van der Waals surface area contributed by atoms with Crippen LogP contribution in [-0.2, 0) is 4.79 Å². The molecule has 1 atom stereocenters. The van der Waals surface area contributed by atoms with Gasteiger partial charge in [0.05, 0.1) is 0 Å². The predicted octanol–water partition coefficient (Wildman–Crippen LogP) is 1.03. The number of hydrogen-bond donors (Lipinski definition) is 2. The van der Waals surface area contributed by atoms with Crippen LogP contribution in [0.15, 0.2) is 30.3 Å². The van der Waals surface area contributed by atoms with Gasteiger partial charge in [0.1, 0.15) is 5.75 Å². The lowest BCUT2D eigenvalue weighted by Crippen LogP contribution is -2.38. The number of para-hydroxylation sites is 1. The average Bonchev–Trinajstić information content (AvgIpc) is 2.05. The molecule has 1 rings (SSSR count). The summed E-state index contributed by atoms with van der Waals surface area (Å²) in [4.78, 5) is 10.3. The highest BCUT2D eigenvalue weighted by atomic mass is 35.5. The summed E-state index contributed by atoms with van der Waals surface area (Å²) in [6.45, 7) is 0. The minimum atomic E-state index is -2.71. The summed E-state index contributed by atoms with van der Waals surface area (Å²) in [5.74, 6) is -1.47. The van der Waals surface area contributed by atoms with Crippen LogP contribution in [0.5, 0.6) is 5.75 Å². The summed E-state index contributed by atoms with van der Waals surface area (Å²) in [6.07, 6.45) is 0. The summed E-state index contributed by atoms with van der Waals surface area (Å²) in [7, 11) is 0. The van der Waals surface area contributed by atoms with Crippen LogP contribution in [0.3, 0.4) is 0 Å². The first kappa shape index (κ1) is 9.83. The van der Waals surface area contributed by atoms with E-state index in [-0.39, 0.29) is 5.75 Å². The Morgan fingerprint density at radius 2 is 1.92 bits per heavy atom.